The van der Waals surface area contributed by atoms with E-state index < -0.39 is 0 Å². The van der Waals surface area contributed by atoms with Crippen LogP contribution in [0.3, 0.4) is 0 Å². The van der Waals surface area contributed by atoms with E-state index in [9.17, 15) is 10.1 Å². The lowest BCUT2D eigenvalue weighted by Gasteiger charge is -2.40. The molecule has 0 radical (unpaired) electrons. The van der Waals surface area contributed by atoms with Crippen LogP contribution in [0.25, 0.3) is 0 Å². The van der Waals surface area contributed by atoms with Crippen LogP contribution in [-0.4, -0.2) is 31.6 Å². The number of thiocarbonyl (C=S) groups is 1. The van der Waals surface area contributed by atoms with Crippen LogP contribution in [0.2, 0.25) is 0 Å². The quantitative estimate of drug-likeness (QED) is 0.506. The molecule has 0 bridgehead atoms. The van der Waals surface area contributed by atoms with E-state index in [2.05, 4.69) is 47.8 Å². The zero-order chi connectivity index (χ0) is 18.2. The fourth-order valence-corrected chi connectivity index (χ4v) is 3.63. The number of fused-ring (bicyclic) bond motifs is 1. The van der Waals surface area contributed by atoms with Crippen LogP contribution in [0.4, 0.5) is 5.69 Å². The third-order valence-electron chi connectivity index (χ3n) is 4.20. The second-order valence-electron chi connectivity index (χ2n) is 7.25. The minimum absolute atomic E-state index is 0.0631. The summed E-state index contributed by atoms with van der Waals surface area (Å²) in [6.07, 6.45) is 2.06. The molecule has 0 unspecified atom stereocenters. The van der Waals surface area contributed by atoms with Gasteiger partial charge in [0, 0.05) is 42.7 Å². The molecule has 1 aliphatic heterocycles. The van der Waals surface area contributed by atoms with Gasteiger partial charge in [0.05, 0.1) is 11.0 Å². The molecule has 2 aromatic rings. The SMILES string of the molecule is CC(C)(C)NC(=S)N1CCn2cccc2[C@@H]1c1ccc([N+](=O)[O-])cc1. The number of hydrogen-bond donors (Lipinski definition) is 1. The number of benzene rings is 1. The Labute approximate surface area is 152 Å². The van der Waals surface area contributed by atoms with Gasteiger partial charge in [-0.1, -0.05) is 0 Å². The predicted octanol–water partition coefficient (Wildman–Crippen LogP) is 3.47. The largest absolute Gasteiger partial charge is 0.358 e. The molecule has 0 amide bonds. The molecule has 0 saturated carbocycles. The lowest BCUT2D eigenvalue weighted by Crippen LogP contribution is -2.52. The van der Waals surface area contributed by atoms with Crippen molar-refractivity contribution in [3.8, 4) is 0 Å². The first-order chi connectivity index (χ1) is 11.8. The van der Waals surface area contributed by atoms with Gasteiger partial charge in [0.15, 0.2) is 5.11 Å². The van der Waals surface area contributed by atoms with Gasteiger partial charge in [-0.3, -0.25) is 10.1 Å². The van der Waals surface area contributed by atoms with Crippen molar-refractivity contribution in [2.75, 3.05) is 6.54 Å². The van der Waals surface area contributed by atoms with E-state index in [-0.39, 0.29) is 22.2 Å². The lowest BCUT2D eigenvalue weighted by molar-refractivity contribution is -0.384. The summed E-state index contributed by atoms with van der Waals surface area (Å²) in [5, 5.41) is 15.0. The van der Waals surface area contributed by atoms with Crippen LogP contribution in [0.15, 0.2) is 42.6 Å². The standard InChI is InChI=1S/C18H22N4O2S/c1-18(2,3)19-17(25)21-12-11-20-10-4-5-15(20)16(21)13-6-8-14(9-7-13)22(23)24/h4-10,16H,11-12H2,1-3H3,(H,19,25)/t16-/m0/s1. The van der Waals surface area contributed by atoms with Crippen LogP contribution < -0.4 is 5.32 Å². The molecular formula is C18H22N4O2S. The number of nitrogens with zero attached hydrogens (tertiary/aromatic N) is 3. The number of nitro benzene ring substituents is 1. The molecule has 3 rings (SSSR count). The van der Waals surface area contributed by atoms with Crippen LogP contribution in [-0.2, 0) is 6.54 Å². The molecule has 0 aliphatic carbocycles. The Balaban J connectivity index is 1.98. The molecule has 25 heavy (non-hydrogen) atoms. The molecular weight excluding hydrogens is 336 g/mol. The molecule has 0 spiro atoms. The van der Waals surface area contributed by atoms with Crippen LogP contribution in [0.5, 0.6) is 0 Å². The van der Waals surface area contributed by atoms with Crippen molar-refractivity contribution in [3.05, 3.63) is 64.0 Å². The zero-order valence-corrected chi connectivity index (χ0v) is 15.4. The van der Waals surface area contributed by atoms with E-state index in [1.165, 1.54) is 0 Å². The molecule has 1 aliphatic rings. The maximum atomic E-state index is 10.9. The molecule has 1 atom stereocenters. The van der Waals surface area contributed by atoms with Crippen LogP contribution in [0, 0.1) is 10.1 Å². The molecule has 0 saturated heterocycles. The maximum Gasteiger partial charge on any atom is 0.269 e. The first-order valence-electron chi connectivity index (χ1n) is 8.24. The predicted molar refractivity (Wildman–Crippen MR) is 102 cm³/mol. The van der Waals surface area contributed by atoms with E-state index in [1.807, 2.05) is 18.2 Å². The molecule has 0 fully saturated rings. The Hall–Kier alpha value is -2.41. The second kappa shape index (κ2) is 6.48. The number of hydrogen-bond acceptors (Lipinski definition) is 3. The van der Waals surface area contributed by atoms with E-state index in [1.54, 1.807) is 12.1 Å². The highest BCUT2D eigenvalue weighted by Gasteiger charge is 2.31. The van der Waals surface area contributed by atoms with Gasteiger partial charge in [0.2, 0.25) is 0 Å². The molecule has 132 valence electrons. The minimum Gasteiger partial charge on any atom is -0.358 e. The lowest BCUT2D eigenvalue weighted by atomic mass is 10.00. The highest BCUT2D eigenvalue weighted by Crippen LogP contribution is 2.33. The van der Waals surface area contributed by atoms with Gasteiger partial charge in [-0.2, -0.15) is 0 Å². The monoisotopic (exact) mass is 358 g/mol. The van der Waals surface area contributed by atoms with Gasteiger partial charge < -0.3 is 14.8 Å². The van der Waals surface area contributed by atoms with E-state index >= 15 is 0 Å². The van der Waals surface area contributed by atoms with Gasteiger partial charge in [-0.15, -0.1) is 0 Å². The van der Waals surface area contributed by atoms with Crippen molar-refractivity contribution in [1.29, 1.82) is 0 Å². The van der Waals surface area contributed by atoms with Gasteiger partial charge in [-0.05, 0) is 62.8 Å². The van der Waals surface area contributed by atoms with Crippen molar-refractivity contribution in [1.82, 2.24) is 14.8 Å². The van der Waals surface area contributed by atoms with Gasteiger partial charge in [0.25, 0.3) is 5.69 Å². The van der Waals surface area contributed by atoms with Crippen molar-refractivity contribution in [2.45, 2.75) is 38.9 Å². The fourth-order valence-electron chi connectivity index (χ4n) is 3.12. The van der Waals surface area contributed by atoms with E-state index in [0.717, 1.165) is 24.3 Å². The first kappa shape index (κ1) is 17.4. The van der Waals surface area contributed by atoms with Crippen LogP contribution in [0.1, 0.15) is 38.1 Å². The normalized spacial score (nSPS) is 17.1. The fraction of sp³-hybridized carbons (Fsp3) is 0.389. The Morgan fingerprint density at radius 2 is 1.92 bits per heavy atom. The summed E-state index contributed by atoms with van der Waals surface area (Å²) in [4.78, 5) is 12.7. The summed E-state index contributed by atoms with van der Waals surface area (Å²) >= 11 is 5.67. The van der Waals surface area contributed by atoms with E-state index in [4.69, 9.17) is 12.2 Å². The summed E-state index contributed by atoms with van der Waals surface area (Å²) in [5.74, 6) is 0. The summed E-state index contributed by atoms with van der Waals surface area (Å²) in [5.41, 5.74) is 2.09. The molecule has 2 heterocycles. The third-order valence-corrected chi connectivity index (χ3v) is 4.54. The average Bonchev–Trinajstić information content (AvgIpc) is 3.00. The van der Waals surface area contributed by atoms with Gasteiger partial charge >= 0.3 is 0 Å². The number of aromatic nitrogens is 1. The average molecular weight is 358 g/mol. The molecule has 1 N–H and O–H groups in total. The van der Waals surface area contributed by atoms with Crippen molar-refractivity contribution < 1.29 is 4.92 Å². The summed E-state index contributed by atoms with van der Waals surface area (Å²) < 4.78 is 2.21. The van der Waals surface area contributed by atoms with E-state index in [0.29, 0.717) is 5.11 Å². The Morgan fingerprint density at radius 1 is 1.24 bits per heavy atom. The Morgan fingerprint density at radius 3 is 2.52 bits per heavy atom. The number of nitrogens with one attached hydrogen (secondary N) is 1. The number of nitro groups is 1. The second-order valence-corrected chi connectivity index (χ2v) is 7.64. The van der Waals surface area contributed by atoms with Crippen molar-refractivity contribution in [2.24, 2.45) is 0 Å². The molecule has 6 nitrogen and oxygen atoms in total. The summed E-state index contributed by atoms with van der Waals surface area (Å²) in [6, 6.07) is 10.8. The minimum atomic E-state index is -0.378. The topological polar surface area (TPSA) is 63.3 Å². The molecule has 7 heteroatoms. The number of non-ortho nitro benzene ring substituents is 1. The Bertz CT molecular complexity index is 792. The summed E-state index contributed by atoms with van der Waals surface area (Å²) in [7, 11) is 0. The summed E-state index contributed by atoms with van der Waals surface area (Å²) in [6.45, 7) is 7.87. The zero-order valence-electron chi connectivity index (χ0n) is 14.6. The first-order valence-corrected chi connectivity index (χ1v) is 8.65. The third kappa shape index (κ3) is 3.66. The smallest absolute Gasteiger partial charge is 0.269 e. The van der Waals surface area contributed by atoms with Crippen molar-refractivity contribution in [3.63, 3.8) is 0 Å². The number of rotatable bonds is 2. The molecule has 1 aromatic carbocycles. The van der Waals surface area contributed by atoms with Gasteiger partial charge in [0.1, 0.15) is 0 Å². The van der Waals surface area contributed by atoms with Crippen molar-refractivity contribution >= 4 is 23.0 Å². The Kier molecular flexibility index (Phi) is 4.51. The highest BCUT2D eigenvalue weighted by atomic mass is 32.1. The van der Waals surface area contributed by atoms with Crippen LogP contribution >= 0.6 is 12.2 Å². The maximum absolute atomic E-state index is 10.9. The molecule has 1 aromatic heterocycles. The van der Waals surface area contributed by atoms with Gasteiger partial charge in [-0.25, -0.2) is 0 Å². The highest BCUT2D eigenvalue weighted by molar-refractivity contribution is 7.80.